The molecule has 0 aliphatic carbocycles. The Kier molecular flexibility index (Phi) is 9.36. The third kappa shape index (κ3) is 8.31. The van der Waals surface area contributed by atoms with Crippen LogP contribution in [0.15, 0.2) is 42.5 Å². The van der Waals surface area contributed by atoms with Gasteiger partial charge >= 0.3 is 24.7 Å². The van der Waals surface area contributed by atoms with Gasteiger partial charge in [0.15, 0.2) is 0 Å². The van der Waals surface area contributed by atoms with E-state index in [9.17, 15) is 66.7 Å². The number of halogens is 14. The van der Waals surface area contributed by atoms with Crippen LogP contribution in [0.5, 0.6) is 0 Å². The summed E-state index contributed by atoms with van der Waals surface area (Å²) >= 11 is 5.44. The molecule has 2 atom stereocenters. The monoisotopic (exact) mass is 660 g/mol. The zero-order valence-electron chi connectivity index (χ0n) is 20.6. The molecule has 1 saturated heterocycles. The number of nitrogens with zero attached hydrogens (tertiary/aromatic N) is 1. The second-order valence-electron chi connectivity index (χ2n) is 8.84. The quantitative estimate of drug-likeness (QED) is 0.327. The molecule has 5 nitrogen and oxygen atoms in total. The third-order valence-corrected chi connectivity index (χ3v) is 6.05. The minimum absolute atomic E-state index is 0.0448. The average Bonchev–Trinajstić information content (AvgIpc) is 3.17. The van der Waals surface area contributed by atoms with Crippen LogP contribution in [0.3, 0.4) is 0 Å². The van der Waals surface area contributed by atoms with E-state index in [0.29, 0.717) is 18.2 Å². The maximum atomic E-state index is 15.0. The van der Waals surface area contributed by atoms with E-state index >= 15 is 0 Å². The van der Waals surface area contributed by atoms with Gasteiger partial charge in [-0.25, -0.2) is 9.45 Å². The first kappa shape index (κ1) is 34.0. The van der Waals surface area contributed by atoms with Gasteiger partial charge in [-0.2, -0.15) is 52.7 Å². The summed E-state index contributed by atoms with van der Waals surface area (Å²) in [6, 6.07) is -0.246. The lowest BCUT2D eigenvalue weighted by Crippen LogP contribution is -2.44. The summed E-state index contributed by atoms with van der Waals surface area (Å²) in [4.78, 5) is 29.0. The Morgan fingerprint density at radius 2 is 1.56 bits per heavy atom. The van der Waals surface area contributed by atoms with Crippen LogP contribution in [0.25, 0.3) is 5.83 Å². The zero-order chi connectivity index (χ0) is 32.7. The van der Waals surface area contributed by atoms with Crippen LogP contribution < -0.4 is 5.32 Å². The number of rotatable bonds is 6. The highest BCUT2D eigenvalue weighted by atomic mass is 35.5. The maximum absolute atomic E-state index is 15.0. The Morgan fingerprint density at radius 1 is 0.953 bits per heavy atom. The minimum atomic E-state index is -5.44. The molecule has 2 amide bonds. The van der Waals surface area contributed by atoms with Crippen molar-refractivity contribution in [2.75, 3.05) is 13.2 Å². The lowest BCUT2D eigenvalue weighted by Gasteiger charge is -2.20. The molecule has 2 aromatic rings. The minimum Gasteiger partial charge on any atom is -0.338 e. The largest absolute Gasteiger partial charge is 0.417 e. The molecule has 0 radical (unpaired) electrons. The molecule has 2 unspecified atom stereocenters. The number of carbonyl (C=O) groups is 2. The van der Waals surface area contributed by atoms with Gasteiger partial charge in [0.25, 0.3) is 11.8 Å². The maximum Gasteiger partial charge on any atom is 0.417 e. The fraction of sp³-hybridized carbons (Fsp3) is 0.333. The summed E-state index contributed by atoms with van der Waals surface area (Å²) in [5.41, 5.74) is -6.77. The van der Waals surface area contributed by atoms with E-state index in [2.05, 4.69) is 4.84 Å². The summed E-state index contributed by atoms with van der Waals surface area (Å²) < 4.78 is 174. The topological polar surface area (TPSA) is 58.6 Å². The molecule has 19 heteroatoms. The zero-order valence-corrected chi connectivity index (χ0v) is 21.3. The first-order valence-corrected chi connectivity index (χ1v) is 11.7. The van der Waals surface area contributed by atoms with E-state index in [4.69, 9.17) is 11.6 Å². The van der Waals surface area contributed by atoms with Gasteiger partial charge in [-0.1, -0.05) is 23.7 Å². The van der Waals surface area contributed by atoms with Crippen LogP contribution >= 0.6 is 11.6 Å². The van der Waals surface area contributed by atoms with Crippen molar-refractivity contribution < 1.29 is 71.5 Å². The fourth-order valence-corrected chi connectivity index (χ4v) is 4.10. The van der Waals surface area contributed by atoms with E-state index in [0.717, 1.165) is 0 Å². The van der Waals surface area contributed by atoms with Gasteiger partial charge in [-0.15, -0.1) is 0 Å². The number of nitrogens with one attached hydrogen (secondary N) is 1. The molecule has 0 spiro atoms. The molecule has 0 saturated carbocycles. The molecule has 1 fully saturated rings. The fourth-order valence-electron chi connectivity index (χ4n) is 3.80. The predicted octanol–water partition coefficient (Wildman–Crippen LogP) is 7.47. The van der Waals surface area contributed by atoms with Gasteiger partial charge in [0.1, 0.15) is 30.9 Å². The van der Waals surface area contributed by atoms with E-state index < -0.39 is 100 Å². The first-order chi connectivity index (χ1) is 19.5. The molecule has 2 aromatic carbocycles. The van der Waals surface area contributed by atoms with Crippen LogP contribution in [0.4, 0.5) is 57.1 Å². The Labute approximate surface area is 236 Å². The summed E-state index contributed by atoms with van der Waals surface area (Å²) in [5, 5.41) is 0.420. The second-order valence-corrected chi connectivity index (χ2v) is 9.25. The Hall–Kier alpha value is -3.54. The van der Waals surface area contributed by atoms with Gasteiger partial charge in [-0.05, 0) is 35.9 Å². The Balaban J connectivity index is 1.94. The van der Waals surface area contributed by atoms with E-state index in [1.165, 1.54) is 0 Å². The molecule has 1 aliphatic heterocycles. The van der Waals surface area contributed by atoms with Crippen LogP contribution in [0.1, 0.15) is 38.5 Å². The number of hydrogen-bond acceptors (Lipinski definition) is 3. The first-order valence-electron chi connectivity index (χ1n) is 11.3. The molecule has 1 heterocycles. The highest BCUT2D eigenvalue weighted by Gasteiger charge is 2.44. The molecule has 1 N–H and O–H groups in total. The standard InChI is InChI=1S/C24H14ClF13N2O3/c25-16-6-10(2-4-13(16)22(30,31)32)14(23(33,34)35)7-17(26)11-1-3-12(15(5-11)24(36,37)38)19(41)39-18-8-43-40(20(18)42)9-21(27,28)29/h1-7,14,18H,8-9H2,(H,39,41)/b17-7-. The van der Waals surface area contributed by atoms with Crippen molar-refractivity contribution in [1.29, 1.82) is 0 Å². The van der Waals surface area contributed by atoms with Crippen molar-refractivity contribution >= 4 is 29.2 Å². The summed E-state index contributed by atoms with van der Waals surface area (Å²) in [7, 11) is 0. The van der Waals surface area contributed by atoms with Gasteiger partial charge in [-0.3, -0.25) is 14.4 Å². The molecule has 43 heavy (non-hydrogen) atoms. The number of alkyl halides is 12. The van der Waals surface area contributed by atoms with Crippen molar-refractivity contribution in [3.05, 3.63) is 75.3 Å². The normalized spacial score (nSPS) is 17.8. The second kappa shape index (κ2) is 11.9. The number of benzene rings is 2. The molecule has 0 bridgehead atoms. The van der Waals surface area contributed by atoms with Gasteiger partial charge in [0.2, 0.25) is 0 Å². The SMILES string of the molecule is O=C(NC1CON(CC(F)(F)F)C1=O)c1ccc(/C(F)=C/C(c2ccc(C(F)(F)F)c(Cl)c2)C(F)(F)F)cc1C(F)(F)F. The molecule has 1 aliphatic rings. The van der Waals surface area contributed by atoms with Crippen molar-refractivity contribution in [1.82, 2.24) is 10.4 Å². The van der Waals surface area contributed by atoms with E-state index in [1.54, 1.807) is 5.32 Å². The van der Waals surface area contributed by atoms with Gasteiger partial charge in [0, 0.05) is 5.56 Å². The van der Waals surface area contributed by atoms with Gasteiger partial charge in [0.05, 0.1) is 21.7 Å². The van der Waals surface area contributed by atoms with Crippen LogP contribution in [-0.2, 0) is 22.0 Å². The molecular weight excluding hydrogens is 647 g/mol. The summed E-state index contributed by atoms with van der Waals surface area (Å²) in [6.07, 6.45) is -20.9. The number of hydrogen-bond donors (Lipinski definition) is 1. The highest BCUT2D eigenvalue weighted by molar-refractivity contribution is 6.31. The Morgan fingerprint density at radius 3 is 2.07 bits per heavy atom. The van der Waals surface area contributed by atoms with Crippen LogP contribution in [0, 0.1) is 0 Å². The predicted molar refractivity (Wildman–Crippen MR) is 121 cm³/mol. The smallest absolute Gasteiger partial charge is 0.338 e. The number of allylic oxidation sites excluding steroid dienone is 1. The number of hydroxylamine groups is 2. The van der Waals surface area contributed by atoms with E-state index in [1.807, 2.05) is 0 Å². The Bertz CT molecular complexity index is 1420. The van der Waals surface area contributed by atoms with Gasteiger partial charge < -0.3 is 5.32 Å². The number of amides is 2. The average molecular weight is 661 g/mol. The van der Waals surface area contributed by atoms with Crippen molar-refractivity contribution in [2.45, 2.75) is 36.7 Å². The van der Waals surface area contributed by atoms with Crippen LogP contribution in [0.2, 0.25) is 5.02 Å². The summed E-state index contributed by atoms with van der Waals surface area (Å²) in [6.45, 7) is -2.76. The third-order valence-electron chi connectivity index (χ3n) is 5.74. The lowest BCUT2D eigenvalue weighted by atomic mass is 9.94. The lowest BCUT2D eigenvalue weighted by molar-refractivity contribution is -0.214. The van der Waals surface area contributed by atoms with Crippen molar-refractivity contribution in [2.24, 2.45) is 0 Å². The highest BCUT2D eigenvalue weighted by Crippen LogP contribution is 2.42. The number of carbonyl (C=O) groups excluding carboxylic acids is 2. The molecule has 236 valence electrons. The molecular formula is C24H14ClF13N2O3. The van der Waals surface area contributed by atoms with Crippen molar-refractivity contribution in [3.8, 4) is 0 Å². The van der Waals surface area contributed by atoms with Crippen molar-refractivity contribution in [3.63, 3.8) is 0 Å². The molecule has 3 rings (SSSR count). The van der Waals surface area contributed by atoms with Crippen LogP contribution in [-0.4, -0.2) is 48.4 Å². The summed E-state index contributed by atoms with van der Waals surface area (Å²) in [5.74, 6) is -7.99. The molecule has 0 aromatic heterocycles. The van der Waals surface area contributed by atoms with E-state index in [-0.39, 0.29) is 29.3 Å².